The molecule has 2 aromatic heterocycles. The SMILES string of the molecule is C[N+](C)([O-])c1cc(-c2ccccc2Cl)c2ccnc(-c3c(Cl)cccc3Cl)c2n1. The van der Waals surface area contributed by atoms with Crippen LogP contribution < -0.4 is 4.65 Å². The molecule has 0 spiro atoms. The van der Waals surface area contributed by atoms with Gasteiger partial charge in [0.05, 0.1) is 29.8 Å². The number of benzene rings is 2. The lowest BCUT2D eigenvalue weighted by molar-refractivity contribution is 0.530. The highest BCUT2D eigenvalue weighted by Crippen LogP contribution is 2.41. The van der Waals surface area contributed by atoms with Crippen LogP contribution in [0.25, 0.3) is 33.3 Å². The summed E-state index contributed by atoms with van der Waals surface area (Å²) in [5.41, 5.74) is 3.23. The third-order valence-electron chi connectivity index (χ3n) is 4.63. The predicted molar refractivity (Wildman–Crippen MR) is 122 cm³/mol. The summed E-state index contributed by atoms with van der Waals surface area (Å²) in [4.78, 5) is 9.16. The Hall–Kier alpha value is -2.21. The number of fused-ring (bicyclic) bond motifs is 1. The average molecular weight is 445 g/mol. The summed E-state index contributed by atoms with van der Waals surface area (Å²) in [5, 5.41) is 15.1. The highest BCUT2D eigenvalue weighted by Gasteiger charge is 2.21. The zero-order valence-corrected chi connectivity index (χ0v) is 17.9. The summed E-state index contributed by atoms with van der Waals surface area (Å²) in [6, 6.07) is 16.4. The summed E-state index contributed by atoms with van der Waals surface area (Å²) in [7, 11) is 3.03. The quantitative estimate of drug-likeness (QED) is 0.253. The molecular formula is C22H16Cl3N3O. The van der Waals surface area contributed by atoms with Crippen molar-refractivity contribution >= 4 is 51.5 Å². The van der Waals surface area contributed by atoms with Crippen LogP contribution in [0, 0.1) is 5.21 Å². The molecule has 4 nitrogen and oxygen atoms in total. The van der Waals surface area contributed by atoms with Gasteiger partial charge in [-0.25, -0.2) is 0 Å². The van der Waals surface area contributed by atoms with Gasteiger partial charge in [0.1, 0.15) is 5.52 Å². The van der Waals surface area contributed by atoms with Crippen molar-refractivity contribution in [3.8, 4) is 22.4 Å². The third kappa shape index (κ3) is 3.70. The minimum Gasteiger partial charge on any atom is -0.627 e. The van der Waals surface area contributed by atoms with Crippen LogP contribution in [0.4, 0.5) is 5.82 Å². The Kier molecular flexibility index (Phi) is 5.23. The highest BCUT2D eigenvalue weighted by molar-refractivity contribution is 6.39. The molecule has 0 aliphatic heterocycles. The van der Waals surface area contributed by atoms with Crippen molar-refractivity contribution in [2.75, 3.05) is 14.1 Å². The molecule has 7 heteroatoms. The van der Waals surface area contributed by atoms with Crippen molar-refractivity contribution in [1.82, 2.24) is 14.6 Å². The van der Waals surface area contributed by atoms with Gasteiger partial charge in [-0.05, 0) is 24.3 Å². The molecule has 4 rings (SSSR count). The first kappa shape index (κ1) is 20.1. The average Bonchev–Trinajstić information content (AvgIpc) is 2.67. The predicted octanol–water partition coefficient (Wildman–Crippen LogP) is 6.99. The Morgan fingerprint density at radius 1 is 0.828 bits per heavy atom. The van der Waals surface area contributed by atoms with Crippen LogP contribution in [0.3, 0.4) is 0 Å². The Bertz CT molecular complexity index is 1220. The molecule has 0 atom stereocenters. The summed E-state index contributed by atoms with van der Waals surface area (Å²) in [6.07, 6.45) is 1.68. The lowest BCUT2D eigenvalue weighted by Gasteiger charge is -2.32. The fourth-order valence-corrected chi connectivity index (χ4v) is 4.04. The molecule has 0 aliphatic carbocycles. The van der Waals surface area contributed by atoms with Crippen molar-refractivity contribution in [3.05, 3.63) is 81.1 Å². The molecule has 4 aromatic rings. The summed E-state index contributed by atoms with van der Waals surface area (Å²) < 4.78 is -0.710. The lowest BCUT2D eigenvalue weighted by atomic mass is 9.99. The van der Waals surface area contributed by atoms with E-state index in [4.69, 9.17) is 34.8 Å². The van der Waals surface area contributed by atoms with E-state index in [0.29, 0.717) is 37.7 Å². The molecule has 146 valence electrons. The third-order valence-corrected chi connectivity index (χ3v) is 5.59. The molecule has 0 fully saturated rings. The van der Waals surface area contributed by atoms with E-state index in [2.05, 4.69) is 9.97 Å². The van der Waals surface area contributed by atoms with Crippen LogP contribution in [0.1, 0.15) is 0 Å². The molecule has 29 heavy (non-hydrogen) atoms. The fourth-order valence-electron chi connectivity index (χ4n) is 3.22. The van der Waals surface area contributed by atoms with Gasteiger partial charge >= 0.3 is 0 Å². The number of pyridine rings is 2. The number of hydroxylamine groups is 2. The van der Waals surface area contributed by atoms with Gasteiger partial charge in [0.2, 0.25) is 5.82 Å². The van der Waals surface area contributed by atoms with Crippen LogP contribution in [-0.4, -0.2) is 24.1 Å². The van der Waals surface area contributed by atoms with Crippen molar-refractivity contribution < 1.29 is 0 Å². The Morgan fingerprint density at radius 3 is 2.14 bits per heavy atom. The van der Waals surface area contributed by atoms with Crippen molar-refractivity contribution in [2.24, 2.45) is 0 Å². The van der Waals surface area contributed by atoms with Gasteiger partial charge in [-0.1, -0.05) is 59.1 Å². The summed E-state index contributed by atoms with van der Waals surface area (Å²) in [6.45, 7) is 0. The summed E-state index contributed by atoms with van der Waals surface area (Å²) >= 11 is 19.3. The van der Waals surface area contributed by atoms with E-state index in [1.54, 1.807) is 30.5 Å². The Labute approximate surface area is 183 Å². The molecule has 0 saturated carbocycles. The van der Waals surface area contributed by atoms with Crippen LogP contribution >= 0.6 is 34.8 Å². The first-order valence-corrected chi connectivity index (χ1v) is 9.95. The van der Waals surface area contributed by atoms with E-state index in [9.17, 15) is 5.21 Å². The maximum absolute atomic E-state index is 12.8. The van der Waals surface area contributed by atoms with Gasteiger partial charge in [0.25, 0.3) is 0 Å². The zero-order chi connectivity index (χ0) is 20.8. The van der Waals surface area contributed by atoms with Gasteiger partial charge in [-0.15, -0.1) is 0 Å². The van der Waals surface area contributed by atoms with Gasteiger partial charge in [-0.3, -0.25) is 4.98 Å². The van der Waals surface area contributed by atoms with E-state index in [1.165, 1.54) is 14.1 Å². The topological polar surface area (TPSA) is 48.8 Å². The second-order valence-corrected chi connectivity index (χ2v) is 8.23. The number of halogens is 3. The molecule has 0 bridgehead atoms. The molecular weight excluding hydrogens is 429 g/mol. The Morgan fingerprint density at radius 2 is 1.48 bits per heavy atom. The fraction of sp³-hybridized carbons (Fsp3) is 0.0909. The first-order chi connectivity index (χ1) is 13.8. The Balaban J connectivity index is 2.15. The molecule has 2 heterocycles. The molecule has 0 unspecified atom stereocenters. The van der Waals surface area contributed by atoms with Crippen LogP contribution in [0.5, 0.6) is 0 Å². The van der Waals surface area contributed by atoms with Crippen LogP contribution in [0.15, 0.2) is 60.8 Å². The number of nitrogens with zero attached hydrogens (tertiary/aromatic N) is 3. The van der Waals surface area contributed by atoms with E-state index in [0.717, 1.165) is 16.5 Å². The number of aromatic nitrogens is 2. The van der Waals surface area contributed by atoms with E-state index < -0.39 is 4.65 Å². The second kappa shape index (κ2) is 7.56. The number of rotatable bonds is 3. The maximum atomic E-state index is 12.8. The number of quaternary nitrogens is 1. The zero-order valence-electron chi connectivity index (χ0n) is 15.7. The van der Waals surface area contributed by atoms with E-state index >= 15 is 0 Å². The molecule has 0 N–H and O–H groups in total. The van der Waals surface area contributed by atoms with E-state index in [-0.39, 0.29) is 0 Å². The maximum Gasteiger partial charge on any atom is 0.228 e. The first-order valence-electron chi connectivity index (χ1n) is 8.82. The molecule has 0 amide bonds. The normalized spacial score (nSPS) is 11.8. The van der Waals surface area contributed by atoms with Crippen LogP contribution in [-0.2, 0) is 0 Å². The molecule has 2 aromatic carbocycles. The van der Waals surface area contributed by atoms with Crippen molar-refractivity contribution in [2.45, 2.75) is 0 Å². The molecule has 0 radical (unpaired) electrons. The minimum atomic E-state index is -0.710. The summed E-state index contributed by atoms with van der Waals surface area (Å²) in [5.74, 6) is 0.324. The van der Waals surface area contributed by atoms with E-state index in [1.807, 2.05) is 30.3 Å². The lowest BCUT2D eigenvalue weighted by Crippen LogP contribution is -2.33. The minimum absolute atomic E-state index is 0.324. The molecule has 0 aliphatic rings. The number of hydrogen-bond acceptors (Lipinski definition) is 3. The largest absolute Gasteiger partial charge is 0.627 e. The van der Waals surface area contributed by atoms with Crippen LogP contribution in [0.2, 0.25) is 15.1 Å². The van der Waals surface area contributed by atoms with Gasteiger partial charge in [0, 0.05) is 39.4 Å². The monoisotopic (exact) mass is 443 g/mol. The van der Waals surface area contributed by atoms with Gasteiger partial charge in [-0.2, -0.15) is 4.98 Å². The smallest absolute Gasteiger partial charge is 0.228 e. The van der Waals surface area contributed by atoms with Gasteiger partial charge in [0.15, 0.2) is 0 Å². The highest BCUT2D eigenvalue weighted by atomic mass is 35.5. The number of hydrogen-bond donors (Lipinski definition) is 0. The van der Waals surface area contributed by atoms with Crippen molar-refractivity contribution in [1.29, 1.82) is 0 Å². The standard InChI is InChI=1S/C22H16Cl3N3O/c1-28(2,29)19-12-15(13-6-3-4-7-16(13)23)14-10-11-26-22(21(14)27-19)20-17(24)8-5-9-18(20)25/h3-12H,1-2H3. The van der Waals surface area contributed by atoms with Crippen molar-refractivity contribution in [3.63, 3.8) is 0 Å². The molecule has 0 saturated heterocycles. The second-order valence-electron chi connectivity index (χ2n) is 7.01. The van der Waals surface area contributed by atoms with Gasteiger partial charge < -0.3 is 9.85 Å².